The van der Waals surface area contributed by atoms with E-state index in [0.717, 1.165) is 0 Å². The maximum Gasteiger partial charge on any atom is 0.251 e. The quantitative estimate of drug-likeness (QED) is 0.697. The summed E-state index contributed by atoms with van der Waals surface area (Å²) in [7, 11) is 3.12. The van der Waals surface area contributed by atoms with E-state index in [1.54, 1.807) is 13.1 Å². The first-order chi connectivity index (χ1) is 7.08. The molecule has 0 spiro atoms. The van der Waals surface area contributed by atoms with Gasteiger partial charge in [0.25, 0.3) is 5.91 Å². The molecule has 5 heteroatoms. The number of anilines is 1. The van der Waals surface area contributed by atoms with Crippen LogP contribution in [0, 0.1) is 0 Å². The van der Waals surface area contributed by atoms with Crippen LogP contribution in [-0.4, -0.2) is 26.0 Å². The zero-order valence-electron chi connectivity index (χ0n) is 8.46. The van der Waals surface area contributed by atoms with Crippen molar-refractivity contribution < 1.29 is 14.7 Å². The minimum Gasteiger partial charge on any atom is -0.545 e. The van der Waals surface area contributed by atoms with E-state index < -0.39 is 5.97 Å². The Morgan fingerprint density at radius 3 is 2.20 bits per heavy atom. The molecule has 5 nitrogen and oxygen atoms in total. The molecule has 1 rings (SSSR count). The second-order valence-electron chi connectivity index (χ2n) is 2.92. The second-order valence-corrected chi connectivity index (χ2v) is 2.92. The predicted molar refractivity (Wildman–Crippen MR) is 53.7 cm³/mol. The van der Waals surface area contributed by atoms with Crippen LogP contribution in [0.5, 0.6) is 0 Å². The zero-order chi connectivity index (χ0) is 11.4. The average Bonchev–Trinajstić information content (AvgIpc) is 2.27. The van der Waals surface area contributed by atoms with E-state index in [1.807, 2.05) is 0 Å². The summed E-state index contributed by atoms with van der Waals surface area (Å²) in [6.07, 6.45) is 0. The van der Waals surface area contributed by atoms with Crippen molar-refractivity contribution in [3.05, 3.63) is 29.3 Å². The van der Waals surface area contributed by atoms with Gasteiger partial charge in [-0.15, -0.1) is 0 Å². The van der Waals surface area contributed by atoms with Crippen molar-refractivity contribution in [1.82, 2.24) is 5.32 Å². The van der Waals surface area contributed by atoms with Gasteiger partial charge >= 0.3 is 0 Å². The summed E-state index contributed by atoms with van der Waals surface area (Å²) in [5.74, 6) is -1.65. The Hall–Kier alpha value is -2.04. The molecular formula is C10H11N2O3-. The van der Waals surface area contributed by atoms with E-state index in [0.29, 0.717) is 5.69 Å². The van der Waals surface area contributed by atoms with E-state index >= 15 is 0 Å². The molecule has 80 valence electrons. The van der Waals surface area contributed by atoms with Crippen molar-refractivity contribution in [3.8, 4) is 0 Å². The van der Waals surface area contributed by atoms with Crippen LogP contribution in [0.15, 0.2) is 18.2 Å². The Kier molecular flexibility index (Phi) is 3.28. The van der Waals surface area contributed by atoms with Crippen molar-refractivity contribution in [1.29, 1.82) is 0 Å². The van der Waals surface area contributed by atoms with E-state index in [4.69, 9.17) is 0 Å². The van der Waals surface area contributed by atoms with Crippen LogP contribution in [-0.2, 0) is 0 Å². The molecular weight excluding hydrogens is 196 g/mol. The van der Waals surface area contributed by atoms with Gasteiger partial charge < -0.3 is 20.5 Å². The summed E-state index contributed by atoms with van der Waals surface area (Å²) in [4.78, 5) is 22.0. The highest BCUT2D eigenvalue weighted by Gasteiger charge is 2.06. The average molecular weight is 207 g/mol. The third kappa shape index (κ3) is 2.46. The Morgan fingerprint density at radius 2 is 1.73 bits per heavy atom. The molecule has 1 aromatic carbocycles. The fourth-order valence-corrected chi connectivity index (χ4v) is 1.17. The largest absolute Gasteiger partial charge is 0.545 e. The van der Waals surface area contributed by atoms with E-state index in [1.165, 1.54) is 19.2 Å². The zero-order valence-corrected chi connectivity index (χ0v) is 8.46. The van der Waals surface area contributed by atoms with Crippen molar-refractivity contribution in [3.63, 3.8) is 0 Å². The second kappa shape index (κ2) is 4.45. The molecule has 0 saturated carbocycles. The topological polar surface area (TPSA) is 81.3 Å². The lowest BCUT2D eigenvalue weighted by atomic mass is 10.1. The first-order valence-electron chi connectivity index (χ1n) is 4.34. The molecule has 0 radical (unpaired) electrons. The molecule has 0 saturated heterocycles. The predicted octanol–water partition coefficient (Wildman–Crippen LogP) is -0.549. The fourth-order valence-electron chi connectivity index (χ4n) is 1.17. The summed E-state index contributed by atoms with van der Waals surface area (Å²) in [6, 6.07) is 4.24. The minimum absolute atomic E-state index is 0.0274. The van der Waals surface area contributed by atoms with Crippen LogP contribution < -0.4 is 15.7 Å². The van der Waals surface area contributed by atoms with Gasteiger partial charge in [0.05, 0.1) is 5.97 Å². The molecule has 15 heavy (non-hydrogen) atoms. The van der Waals surface area contributed by atoms with Gasteiger partial charge in [0.15, 0.2) is 0 Å². The number of carbonyl (C=O) groups is 2. The van der Waals surface area contributed by atoms with Crippen LogP contribution in [0.1, 0.15) is 20.7 Å². The molecule has 0 heterocycles. The molecule has 0 aromatic heterocycles. The Morgan fingerprint density at radius 1 is 1.13 bits per heavy atom. The van der Waals surface area contributed by atoms with E-state index in [2.05, 4.69) is 10.6 Å². The molecule has 0 aliphatic carbocycles. The standard InChI is InChI=1S/C10H12N2O3/c1-11-8-4-6(9(13)12-2)3-7(5-8)10(14)15/h3-5,11H,1-2H3,(H,12,13)(H,14,15)/p-1. The number of hydrogen-bond donors (Lipinski definition) is 2. The monoisotopic (exact) mass is 207 g/mol. The molecule has 0 fully saturated rings. The first kappa shape index (κ1) is 11.0. The highest BCUT2D eigenvalue weighted by atomic mass is 16.4. The maximum atomic E-state index is 11.3. The van der Waals surface area contributed by atoms with Crippen molar-refractivity contribution >= 4 is 17.6 Å². The summed E-state index contributed by atoms with van der Waals surface area (Å²) in [5, 5.41) is 15.9. The maximum absolute atomic E-state index is 11.3. The molecule has 0 bridgehead atoms. The fraction of sp³-hybridized carbons (Fsp3) is 0.200. The lowest BCUT2D eigenvalue weighted by Crippen LogP contribution is -2.24. The number of amides is 1. The summed E-state index contributed by atoms with van der Waals surface area (Å²) in [5.41, 5.74) is 0.805. The van der Waals surface area contributed by atoms with Crippen LogP contribution >= 0.6 is 0 Å². The number of hydrogen-bond acceptors (Lipinski definition) is 4. The van der Waals surface area contributed by atoms with Gasteiger partial charge in [0, 0.05) is 25.3 Å². The Labute approximate surface area is 87.1 Å². The normalized spacial score (nSPS) is 9.47. The molecule has 0 atom stereocenters. The minimum atomic E-state index is -1.31. The third-order valence-electron chi connectivity index (χ3n) is 1.95. The smallest absolute Gasteiger partial charge is 0.251 e. The number of benzene rings is 1. The summed E-state index contributed by atoms with van der Waals surface area (Å²) >= 11 is 0. The van der Waals surface area contributed by atoms with Crippen LogP contribution in [0.25, 0.3) is 0 Å². The Balaban J connectivity index is 3.23. The number of carboxylic acids is 1. The molecule has 0 aliphatic heterocycles. The van der Waals surface area contributed by atoms with Crippen LogP contribution in [0.4, 0.5) is 5.69 Å². The summed E-state index contributed by atoms with van der Waals surface area (Å²) < 4.78 is 0. The molecule has 1 aromatic rings. The van der Waals surface area contributed by atoms with Gasteiger partial charge in [0.2, 0.25) is 0 Å². The molecule has 1 amide bonds. The number of rotatable bonds is 3. The van der Waals surface area contributed by atoms with Gasteiger partial charge in [-0.2, -0.15) is 0 Å². The lowest BCUT2D eigenvalue weighted by molar-refractivity contribution is -0.255. The number of aromatic carboxylic acids is 1. The number of nitrogens with one attached hydrogen (secondary N) is 2. The molecule has 0 aliphatic rings. The van der Waals surface area contributed by atoms with Crippen molar-refractivity contribution in [2.24, 2.45) is 0 Å². The summed E-state index contributed by atoms with van der Waals surface area (Å²) in [6.45, 7) is 0. The third-order valence-corrected chi connectivity index (χ3v) is 1.95. The Bertz CT molecular complexity index is 402. The first-order valence-corrected chi connectivity index (χ1v) is 4.34. The van der Waals surface area contributed by atoms with Gasteiger partial charge in [-0.3, -0.25) is 4.79 Å². The van der Waals surface area contributed by atoms with Gasteiger partial charge in [-0.1, -0.05) is 0 Å². The number of carbonyl (C=O) groups excluding carboxylic acids is 2. The van der Waals surface area contributed by atoms with Crippen LogP contribution in [0.2, 0.25) is 0 Å². The molecule has 2 N–H and O–H groups in total. The SMILES string of the molecule is CNC(=O)c1cc(NC)cc(C(=O)[O-])c1. The molecule has 0 unspecified atom stereocenters. The van der Waals surface area contributed by atoms with E-state index in [-0.39, 0.29) is 17.0 Å². The highest BCUT2D eigenvalue weighted by Crippen LogP contribution is 2.14. The van der Waals surface area contributed by atoms with Gasteiger partial charge in [-0.25, -0.2) is 0 Å². The lowest BCUT2D eigenvalue weighted by Gasteiger charge is -2.09. The van der Waals surface area contributed by atoms with Crippen molar-refractivity contribution in [2.45, 2.75) is 0 Å². The number of carboxylic acid groups (broad SMARTS) is 1. The van der Waals surface area contributed by atoms with Crippen molar-refractivity contribution in [2.75, 3.05) is 19.4 Å². The van der Waals surface area contributed by atoms with E-state index in [9.17, 15) is 14.7 Å². The van der Waals surface area contributed by atoms with Gasteiger partial charge in [0.1, 0.15) is 0 Å². The van der Waals surface area contributed by atoms with Crippen LogP contribution in [0.3, 0.4) is 0 Å². The van der Waals surface area contributed by atoms with Gasteiger partial charge in [-0.05, 0) is 23.8 Å². The highest BCUT2D eigenvalue weighted by molar-refractivity contribution is 5.98.